The molecule has 0 spiro atoms. The average molecular weight is 383 g/mol. The third kappa shape index (κ3) is 3.65. The molecule has 1 fully saturated rings. The predicted octanol–water partition coefficient (Wildman–Crippen LogP) is 4.77. The van der Waals surface area contributed by atoms with E-state index in [2.05, 4.69) is 67.7 Å². The number of thiophene rings is 1. The quantitative estimate of drug-likeness (QED) is 0.592. The van der Waals surface area contributed by atoms with Gasteiger partial charge in [-0.1, -0.05) is 55.6 Å². The Balaban J connectivity index is 1.61. The Bertz CT molecular complexity index is 847. The molecule has 3 aromatic rings. The lowest BCUT2D eigenvalue weighted by Crippen LogP contribution is -2.53. The van der Waals surface area contributed by atoms with Gasteiger partial charge < -0.3 is 9.47 Å². The zero-order chi connectivity index (χ0) is 18.0. The highest BCUT2D eigenvalue weighted by Gasteiger charge is 2.30. The van der Waals surface area contributed by atoms with Crippen LogP contribution >= 0.6 is 11.3 Å². The first kappa shape index (κ1) is 17.9. The highest BCUT2D eigenvalue weighted by atomic mass is 32.1. The molecule has 0 amide bonds. The van der Waals surface area contributed by atoms with Crippen molar-refractivity contribution in [2.45, 2.75) is 45.3 Å². The van der Waals surface area contributed by atoms with Crippen LogP contribution in [0.3, 0.4) is 0 Å². The maximum Gasteiger partial charge on any atom is 0.158 e. The summed E-state index contributed by atoms with van der Waals surface area (Å²) < 4.78 is 14.8. The van der Waals surface area contributed by atoms with Gasteiger partial charge in [-0.25, -0.2) is 0 Å². The summed E-state index contributed by atoms with van der Waals surface area (Å²) in [6.07, 6.45) is 3.33. The van der Waals surface area contributed by atoms with Crippen LogP contribution in [0.15, 0.2) is 54.6 Å². The largest absolute Gasteiger partial charge is 0.353 e. The molecule has 1 aliphatic heterocycles. The summed E-state index contributed by atoms with van der Waals surface area (Å²) in [5.74, 6) is 0. The van der Waals surface area contributed by atoms with E-state index in [1.165, 1.54) is 31.8 Å². The van der Waals surface area contributed by atoms with Gasteiger partial charge in [-0.15, -0.1) is 11.3 Å². The van der Waals surface area contributed by atoms with Crippen LogP contribution in [0.4, 0.5) is 0 Å². The number of fused-ring (bicyclic) bond motifs is 1. The van der Waals surface area contributed by atoms with E-state index in [4.69, 9.17) is 9.47 Å². The Morgan fingerprint density at radius 3 is 2.69 bits per heavy atom. The molecule has 1 aliphatic rings. The van der Waals surface area contributed by atoms with Gasteiger partial charge in [0.2, 0.25) is 0 Å². The van der Waals surface area contributed by atoms with Crippen LogP contribution < -0.4 is 9.69 Å². The van der Waals surface area contributed by atoms with Gasteiger partial charge in [0.05, 0.1) is 6.61 Å². The van der Waals surface area contributed by atoms with E-state index < -0.39 is 8.07 Å². The average Bonchev–Trinajstić information content (AvgIpc) is 3.12. The second kappa shape index (κ2) is 7.65. The molecule has 0 bridgehead atoms. The van der Waals surface area contributed by atoms with Crippen LogP contribution in [-0.4, -0.2) is 21.0 Å². The summed E-state index contributed by atoms with van der Waals surface area (Å²) >= 11 is 1.95. The van der Waals surface area contributed by atoms with Crippen LogP contribution in [0, 0.1) is 0 Å². The van der Waals surface area contributed by atoms with Gasteiger partial charge in [0.15, 0.2) is 6.29 Å². The van der Waals surface area contributed by atoms with Gasteiger partial charge in [0.1, 0.15) is 8.07 Å². The molecule has 4 heteroatoms. The van der Waals surface area contributed by atoms with E-state index in [1.807, 2.05) is 11.3 Å². The number of hydrogen-bond acceptors (Lipinski definition) is 3. The van der Waals surface area contributed by atoms with Crippen LogP contribution in [0.25, 0.3) is 10.1 Å². The molecule has 0 aliphatic carbocycles. The Kier molecular flexibility index (Phi) is 5.27. The zero-order valence-electron chi connectivity index (χ0n) is 15.5. The summed E-state index contributed by atoms with van der Waals surface area (Å²) in [4.78, 5) is 0. The van der Waals surface area contributed by atoms with Gasteiger partial charge in [0, 0.05) is 11.3 Å². The fourth-order valence-corrected chi connectivity index (χ4v) is 8.45. The lowest BCUT2D eigenvalue weighted by molar-refractivity contribution is -0.168. The Morgan fingerprint density at radius 2 is 1.88 bits per heavy atom. The van der Waals surface area contributed by atoms with E-state index in [1.54, 1.807) is 0 Å². The van der Waals surface area contributed by atoms with Crippen LogP contribution in [0.5, 0.6) is 0 Å². The number of benzene rings is 2. The van der Waals surface area contributed by atoms with E-state index in [0.29, 0.717) is 6.61 Å². The van der Waals surface area contributed by atoms with Crippen molar-refractivity contribution < 1.29 is 9.47 Å². The summed E-state index contributed by atoms with van der Waals surface area (Å²) in [6, 6.07) is 19.9. The second-order valence-electron chi connectivity index (χ2n) is 7.54. The van der Waals surface area contributed by atoms with Gasteiger partial charge in [-0.2, -0.15) is 0 Å². The molecule has 26 heavy (non-hydrogen) atoms. The Morgan fingerprint density at radius 1 is 1.08 bits per heavy atom. The minimum absolute atomic E-state index is 0.0362. The first-order chi connectivity index (χ1) is 12.6. The van der Waals surface area contributed by atoms with E-state index in [9.17, 15) is 0 Å². The molecular formula is C22H26O2SSi. The molecule has 2 nitrogen and oxygen atoms in total. The molecule has 1 aromatic heterocycles. The molecule has 1 unspecified atom stereocenters. The molecule has 1 atom stereocenters. The van der Waals surface area contributed by atoms with Gasteiger partial charge >= 0.3 is 0 Å². The molecule has 4 rings (SSSR count). The van der Waals surface area contributed by atoms with E-state index in [0.717, 1.165) is 19.4 Å². The molecule has 136 valence electrons. The van der Waals surface area contributed by atoms with E-state index >= 15 is 0 Å². The van der Waals surface area contributed by atoms with Crippen LogP contribution in [-0.2, 0) is 16.1 Å². The lowest BCUT2D eigenvalue weighted by atomic mass is 10.2. The summed E-state index contributed by atoms with van der Waals surface area (Å²) in [6.45, 7) is 6.37. The topological polar surface area (TPSA) is 18.5 Å². The monoisotopic (exact) mass is 382 g/mol. The van der Waals surface area contributed by atoms with Crippen molar-refractivity contribution in [3.8, 4) is 0 Å². The smallest absolute Gasteiger partial charge is 0.158 e. The van der Waals surface area contributed by atoms with Gasteiger partial charge in [0.25, 0.3) is 0 Å². The first-order valence-corrected chi connectivity index (χ1v) is 13.3. The van der Waals surface area contributed by atoms with Crippen molar-refractivity contribution in [2.24, 2.45) is 0 Å². The predicted molar refractivity (Wildman–Crippen MR) is 113 cm³/mol. The Hall–Kier alpha value is -1.46. The fourth-order valence-electron chi connectivity index (χ4n) is 3.70. The van der Waals surface area contributed by atoms with Crippen molar-refractivity contribution in [1.29, 1.82) is 0 Å². The van der Waals surface area contributed by atoms with Crippen molar-refractivity contribution >= 4 is 39.2 Å². The second-order valence-corrected chi connectivity index (χ2v) is 13.3. The van der Waals surface area contributed by atoms with Crippen molar-refractivity contribution in [1.82, 2.24) is 0 Å². The summed E-state index contributed by atoms with van der Waals surface area (Å²) in [5.41, 5.74) is 1.32. The molecule has 2 aromatic carbocycles. The number of ether oxygens (including phenoxy) is 2. The number of rotatable bonds is 5. The molecule has 2 heterocycles. The van der Waals surface area contributed by atoms with Crippen molar-refractivity contribution in [2.75, 3.05) is 6.61 Å². The van der Waals surface area contributed by atoms with Crippen LogP contribution in [0.1, 0.15) is 24.8 Å². The molecular weight excluding hydrogens is 356 g/mol. The van der Waals surface area contributed by atoms with Crippen LogP contribution in [0.2, 0.25) is 13.1 Å². The summed E-state index contributed by atoms with van der Waals surface area (Å²) in [7, 11) is -1.77. The maximum atomic E-state index is 6.10. The standard InChI is InChI=1S/C22H26O2SSi/c1-26(2,22-15-17-9-3-5-11-19(17)25-22)20-12-6-4-10-18(20)16-24-21-13-7-8-14-23-21/h3-6,9-12,15,21H,7-8,13-14,16H2,1-2H3. The molecule has 0 saturated carbocycles. The molecule has 0 N–H and O–H groups in total. The normalized spacial score (nSPS) is 18.3. The maximum absolute atomic E-state index is 6.10. The SMILES string of the molecule is C[Si](C)(c1cc2ccccc2s1)c1ccccc1COC1CCCCO1. The third-order valence-electron chi connectivity index (χ3n) is 5.29. The van der Waals surface area contributed by atoms with Gasteiger partial charge in [-0.05, 0) is 52.0 Å². The molecule has 1 saturated heterocycles. The highest BCUT2D eigenvalue weighted by molar-refractivity contribution is 7.33. The summed E-state index contributed by atoms with van der Waals surface area (Å²) in [5, 5.41) is 2.83. The first-order valence-electron chi connectivity index (χ1n) is 9.45. The minimum Gasteiger partial charge on any atom is -0.353 e. The third-order valence-corrected chi connectivity index (χ3v) is 11.3. The highest BCUT2D eigenvalue weighted by Crippen LogP contribution is 2.23. The Labute approximate surface area is 160 Å². The van der Waals surface area contributed by atoms with Crippen molar-refractivity contribution in [3.63, 3.8) is 0 Å². The van der Waals surface area contributed by atoms with Crippen molar-refractivity contribution in [3.05, 3.63) is 60.2 Å². The van der Waals surface area contributed by atoms with E-state index in [-0.39, 0.29) is 6.29 Å². The fraction of sp³-hybridized carbons (Fsp3) is 0.364. The minimum atomic E-state index is -1.77. The number of hydrogen-bond donors (Lipinski definition) is 0. The molecule has 0 radical (unpaired) electrons. The van der Waals surface area contributed by atoms with Gasteiger partial charge in [-0.3, -0.25) is 0 Å². The lowest BCUT2D eigenvalue weighted by Gasteiger charge is -2.27. The zero-order valence-corrected chi connectivity index (χ0v) is 17.4.